The third-order valence-electron chi connectivity index (χ3n) is 4.95. The van der Waals surface area contributed by atoms with Gasteiger partial charge in [0.25, 0.3) is 0 Å². The number of rotatable bonds is 5. The molecule has 2 aliphatic rings. The molecule has 0 radical (unpaired) electrons. The van der Waals surface area contributed by atoms with Crippen molar-refractivity contribution in [2.45, 2.75) is 44.9 Å². The van der Waals surface area contributed by atoms with Gasteiger partial charge in [-0.1, -0.05) is 30.3 Å². The van der Waals surface area contributed by atoms with Crippen LogP contribution in [0.1, 0.15) is 30.1 Å². The number of carbonyl (C=O) groups excluding carboxylic acids is 1. The second-order valence-electron chi connectivity index (χ2n) is 6.82. The molecule has 0 aliphatic carbocycles. The fourth-order valence-corrected chi connectivity index (χ4v) is 3.67. The highest BCUT2D eigenvalue weighted by Crippen LogP contribution is 2.14. The van der Waals surface area contributed by atoms with Crippen molar-refractivity contribution in [1.29, 1.82) is 0 Å². The average molecular weight is 340 g/mol. The summed E-state index contributed by atoms with van der Waals surface area (Å²) in [4.78, 5) is 14.5. The van der Waals surface area contributed by atoms with Gasteiger partial charge in [-0.05, 0) is 18.4 Å². The molecule has 2 aliphatic heterocycles. The summed E-state index contributed by atoms with van der Waals surface area (Å²) in [7, 11) is 0. The Kier molecular flexibility index (Phi) is 4.65. The van der Waals surface area contributed by atoms with E-state index in [1.54, 1.807) is 0 Å². The standard InChI is InChI=1S/C18H24N6O/c25-18(19-11-17-22-21-16-7-4-9-24(16)17)20-15-8-10-23(13-15)12-14-5-2-1-3-6-14/h1-3,5-6,15H,4,7-13H2,(H2,19,20,25)/t15-/m1/s1. The Balaban J connectivity index is 1.22. The Labute approximate surface area is 147 Å². The summed E-state index contributed by atoms with van der Waals surface area (Å²) >= 11 is 0. The van der Waals surface area contributed by atoms with Gasteiger partial charge in [0.05, 0.1) is 6.54 Å². The summed E-state index contributed by atoms with van der Waals surface area (Å²) in [5, 5.41) is 14.3. The van der Waals surface area contributed by atoms with Gasteiger partial charge in [0.15, 0.2) is 5.82 Å². The lowest BCUT2D eigenvalue weighted by Gasteiger charge is -2.17. The van der Waals surface area contributed by atoms with Crippen LogP contribution >= 0.6 is 0 Å². The quantitative estimate of drug-likeness (QED) is 0.860. The minimum absolute atomic E-state index is 0.123. The molecular formula is C18H24N6O. The van der Waals surface area contributed by atoms with Gasteiger partial charge in [0.2, 0.25) is 0 Å². The largest absolute Gasteiger partial charge is 0.334 e. The molecule has 7 nitrogen and oxygen atoms in total. The van der Waals surface area contributed by atoms with E-state index in [2.05, 4.69) is 54.6 Å². The van der Waals surface area contributed by atoms with Crippen LogP contribution in [-0.4, -0.2) is 44.8 Å². The number of hydrogen-bond donors (Lipinski definition) is 2. The topological polar surface area (TPSA) is 75.1 Å². The van der Waals surface area contributed by atoms with Gasteiger partial charge in [-0.2, -0.15) is 0 Å². The Bertz CT molecular complexity index is 728. The third kappa shape index (κ3) is 3.82. The normalized spacial score (nSPS) is 19.8. The Hall–Kier alpha value is -2.41. The predicted octanol–water partition coefficient (Wildman–Crippen LogP) is 1.30. The van der Waals surface area contributed by atoms with E-state index in [4.69, 9.17) is 0 Å². The van der Waals surface area contributed by atoms with Crippen molar-refractivity contribution in [2.24, 2.45) is 0 Å². The molecule has 2 aromatic rings. The number of carbonyl (C=O) groups is 1. The summed E-state index contributed by atoms with van der Waals surface area (Å²) in [6, 6.07) is 10.5. The van der Waals surface area contributed by atoms with Crippen LogP contribution in [0.3, 0.4) is 0 Å². The highest BCUT2D eigenvalue weighted by molar-refractivity contribution is 5.74. The molecule has 2 amide bonds. The number of likely N-dealkylation sites (tertiary alicyclic amines) is 1. The molecule has 0 unspecified atom stereocenters. The summed E-state index contributed by atoms with van der Waals surface area (Å²) in [6.07, 6.45) is 3.09. The van der Waals surface area contributed by atoms with E-state index < -0.39 is 0 Å². The van der Waals surface area contributed by atoms with Gasteiger partial charge in [0, 0.05) is 38.6 Å². The maximum Gasteiger partial charge on any atom is 0.315 e. The number of aromatic nitrogens is 3. The number of aryl methyl sites for hydroxylation is 1. The van der Waals surface area contributed by atoms with Gasteiger partial charge < -0.3 is 15.2 Å². The third-order valence-corrected chi connectivity index (χ3v) is 4.95. The minimum atomic E-state index is -0.123. The van der Waals surface area contributed by atoms with E-state index in [1.165, 1.54) is 5.56 Å². The van der Waals surface area contributed by atoms with Crippen LogP contribution in [0.4, 0.5) is 4.79 Å². The van der Waals surface area contributed by atoms with Crippen molar-refractivity contribution < 1.29 is 4.79 Å². The number of fused-ring (bicyclic) bond motifs is 1. The molecule has 132 valence electrons. The fourth-order valence-electron chi connectivity index (χ4n) is 3.67. The summed E-state index contributed by atoms with van der Waals surface area (Å²) in [5.41, 5.74) is 1.31. The van der Waals surface area contributed by atoms with E-state index in [9.17, 15) is 4.79 Å². The molecule has 2 N–H and O–H groups in total. The van der Waals surface area contributed by atoms with Crippen LogP contribution in [0.15, 0.2) is 30.3 Å². The zero-order valence-electron chi connectivity index (χ0n) is 14.3. The molecule has 3 heterocycles. The van der Waals surface area contributed by atoms with E-state index >= 15 is 0 Å². The van der Waals surface area contributed by atoms with E-state index in [0.717, 1.165) is 57.1 Å². The van der Waals surface area contributed by atoms with Crippen LogP contribution in [-0.2, 0) is 26.1 Å². The molecule has 4 rings (SSSR count). The fraction of sp³-hybridized carbons (Fsp3) is 0.500. The molecule has 0 saturated carbocycles. The van der Waals surface area contributed by atoms with Crippen molar-refractivity contribution in [3.63, 3.8) is 0 Å². The first-order valence-corrected chi connectivity index (χ1v) is 8.99. The number of urea groups is 1. The molecular weight excluding hydrogens is 316 g/mol. The molecule has 7 heteroatoms. The summed E-state index contributed by atoms with van der Waals surface area (Å²) < 4.78 is 2.11. The lowest BCUT2D eigenvalue weighted by Crippen LogP contribution is -2.43. The van der Waals surface area contributed by atoms with Crippen LogP contribution in [0.2, 0.25) is 0 Å². The molecule has 0 spiro atoms. The van der Waals surface area contributed by atoms with Crippen molar-refractivity contribution in [3.8, 4) is 0 Å². The van der Waals surface area contributed by atoms with Crippen molar-refractivity contribution in [2.75, 3.05) is 13.1 Å². The summed E-state index contributed by atoms with van der Waals surface area (Å²) in [5.74, 6) is 1.88. The molecule has 1 aromatic carbocycles. The van der Waals surface area contributed by atoms with Gasteiger partial charge in [-0.3, -0.25) is 4.90 Å². The van der Waals surface area contributed by atoms with Gasteiger partial charge >= 0.3 is 6.03 Å². The maximum absolute atomic E-state index is 12.2. The molecule has 0 bridgehead atoms. The van der Waals surface area contributed by atoms with Crippen LogP contribution in [0, 0.1) is 0 Å². The van der Waals surface area contributed by atoms with E-state index in [0.29, 0.717) is 6.54 Å². The first-order chi connectivity index (χ1) is 12.3. The Morgan fingerprint density at radius 3 is 2.96 bits per heavy atom. The second kappa shape index (κ2) is 7.23. The lowest BCUT2D eigenvalue weighted by atomic mass is 10.2. The monoisotopic (exact) mass is 340 g/mol. The Morgan fingerprint density at radius 1 is 1.20 bits per heavy atom. The first kappa shape index (κ1) is 16.1. The van der Waals surface area contributed by atoms with Gasteiger partial charge in [0.1, 0.15) is 5.82 Å². The van der Waals surface area contributed by atoms with Crippen LogP contribution in [0.25, 0.3) is 0 Å². The zero-order valence-corrected chi connectivity index (χ0v) is 14.3. The van der Waals surface area contributed by atoms with Crippen molar-refractivity contribution in [3.05, 3.63) is 47.5 Å². The average Bonchev–Trinajstić information content (AvgIpc) is 3.32. The smallest absolute Gasteiger partial charge is 0.315 e. The van der Waals surface area contributed by atoms with E-state index in [1.807, 2.05) is 6.07 Å². The minimum Gasteiger partial charge on any atom is -0.334 e. The Morgan fingerprint density at radius 2 is 2.08 bits per heavy atom. The molecule has 1 fully saturated rings. The molecule has 1 atom stereocenters. The van der Waals surface area contributed by atoms with E-state index in [-0.39, 0.29) is 12.1 Å². The maximum atomic E-state index is 12.2. The SMILES string of the molecule is O=C(NCc1nnc2n1CCC2)N[C@@H]1CCN(Cc2ccccc2)C1. The predicted molar refractivity (Wildman–Crippen MR) is 93.8 cm³/mol. The first-order valence-electron chi connectivity index (χ1n) is 8.99. The zero-order chi connectivity index (χ0) is 17.1. The van der Waals surface area contributed by atoms with Crippen LogP contribution in [0.5, 0.6) is 0 Å². The number of hydrogen-bond acceptors (Lipinski definition) is 4. The highest BCUT2D eigenvalue weighted by Gasteiger charge is 2.24. The highest BCUT2D eigenvalue weighted by atomic mass is 16.2. The molecule has 1 aromatic heterocycles. The van der Waals surface area contributed by atoms with Gasteiger partial charge in [-0.25, -0.2) is 4.79 Å². The van der Waals surface area contributed by atoms with Gasteiger partial charge in [-0.15, -0.1) is 10.2 Å². The number of nitrogens with one attached hydrogen (secondary N) is 2. The molecule has 25 heavy (non-hydrogen) atoms. The lowest BCUT2D eigenvalue weighted by molar-refractivity contribution is 0.235. The van der Waals surface area contributed by atoms with Crippen molar-refractivity contribution in [1.82, 2.24) is 30.3 Å². The summed E-state index contributed by atoms with van der Waals surface area (Å²) in [6.45, 7) is 4.23. The van der Waals surface area contributed by atoms with Crippen molar-refractivity contribution >= 4 is 6.03 Å². The number of benzene rings is 1. The van der Waals surface area contributed by atoms with Crippen LogP contribution < -0.4 is 10.6 Å². The number of amides is 2. The second-order valence-corrected chi connectivity index (χ2v) is 6.82. The number of nitrogens with zero attached hydrogens (tertiary/aromatic N) is 4. The molecule has 1 saturated heterocycles.